The van der Waals surface area contributed by atoms with Gasteiger partial charge in [0.2, 0.25) is 0 Å². The Kier molecular flexibility index (Phi) is 10.2. The number of aromatic nitrogens is 2. The van der Waals surface area contributed by atoms with Gasteiger partial charge in [-0.15, -0.1) is 48.1 Å². The molecule has 0 saturated carbocycles. The molecule has 2 aromatic heterocycles. The van der Waals surface area contributed by atoms with Gasteiger partial charge in [-0.2, -0.15) is 12.1 Å². The van der Waals surface area contributed by atoms with E-state index < -0.39 is 0 Å². The van der Waals surface area contributed by atoms with E-state index in [0.717, 1.165) is 67.9 Å². The van der Waals surface area contributed by atoms with Crippen molar-refractivity contribution in [3.8, 4) is 28.4 Å². The molecule has 6 heteroatoms. The summed E-state index contributed by atoms with van der Waals surface area (Å²) in [5.41, 5.74) is 12.0. The molecule has 0 bridgehead atoms. The summed E-state index contributed by atoms with van der Waals surface area (Å²) >= 11 is 0. The summed E-state index contributed by atoms with van der Waals surface area (Å²) in [7, 11) is 0. The molecule has 5 nitrogen and oxygen atoms in total. The maximum Gasteiger partial charge on any atom is 0.135 e. The fourth-order valence-electron chi connectivity index (χ4n) is 8.08. The van der Waals surface area contributed by atoms with Crippen molar-refractivity contribution < 1.29 is 25.8 Å². The van der Waals surface area contributed by atoms with E-state index in [1.165, 1.54) is 16.7 Å². The van der Waals surface area contributed by atoms with Gasteiger partial charge in [-0.25, -0.2) is 4.98 Å². The van der Waals surface area contributed by atoms with Gasteiger partial charge in [-0.05, 0) is 64.3 Å². The summed E-state index contributed by atoms with van der Waals surface area (Å²) < 4.78 is 8.81. The Balaban J connectivity index is 0.00000449. The van der Waals surface area contributed by atoms with E-state index in [-0.39, 0.29) is 26.5 Å². The van der Waals surface area contributed by atoms with Gasteiger partial charge in [0.25, 0.3) is 0 Å². The number of para-hydroxylation sites is 4. The van der Waals surface area contributed by atoms with Crippen molar-refractivity contribution in [2.75, 3.05) is 9.80 Å². The molecule has 0 radical (unpaired) electrons. The number of hydrogen-bond donors (Lipinski definition) is 0. The minimum atomic E-state index is -0.0192. The first-order chi connectivity index (χ1) is 28.4. The number of pyridine rings is 1. The van der Waals surface area contributed by atoms with Gasteiger partial charge in [0, 0.05) is 72.5 Å². The summed E-state index contributed by atoms with van der Waals surface area (Å²) in [6, 6.07) is 55.9. The predicted molar refractivity (Wildman–Crippen MR) is 239 cm³/mol. The van der Waals surface area contributed by atoms with Gasteiger partial charge < -0.3 is 19.1 Å². The van der Waals surface area contributed by atoms with Crippen molar-refractivity contribution >= 4 is 50.1 Å². The summed E-state index contributed by atoms with van der Waals surface area (Å²) in [5.74, 6) is 2.05. The molecule has 2 aliphatic rings. The molecule has 292 valence electrons. The number of rotatable bonds is 7. The molecule has 0 amide bonds. The van der Waals surface area contributed by atoms with Gasteiger partial charge in [0.1, 0.15) is 5.82 Å². The normalized spacial score (nSPS) is 13.6. The fourth-order valence-corrected chi connectivity index (χ4v) is 8.08. The molecule has 0 N–H and O–H groups in total. The standard InChI is InChI=1S/C53H41N4O.Pt/c1-53(2,3)39-31-32-54-51(33-39)57-47-26-12-11-23-45(47)46-30-29-42(35-50(46)57)58-41-22-15-21-40(34-41)55-36-56(49-28-14-13-27-48(49)55)52-43(37-17-7-4-5-8-18-37)24-16-25-44(52)38-19-9-6-10-20-38;/h4-7,9-33,36H,8H2,1-3H3;/q-3;. The van der Waals surface area contributed by atoms with Crippen LogP contribution in [0.25, 0.3) is 44.3 Å². The van der Waals surface area contributed by atoms with Gasteiger partial charge in [-0.1, -0.05) is 136 Å². The Bertz CT molecular complexity index is 2940. The average molecular weight is 945 g/mol. The van der Waals surface area contributed by atoms with Crippen LogP contribution in [0.1, 0.15) is 38.3 Å². The van der Waals surface area contributed by atoms with Crippen molar-refractivity contribution in [2.24, 2.45) is 0 Å². The van der Waals surface area contributed by atoms with Crippen molar-refractivity contribution in [3.05, 3.63) is 206 Å². The van der Waals surface area contributed by atoms with Crippen LogP contribution in [0.4, 0.5) is 22.7 Å². The smallest absolute Gasteiger partial charge is 0.135 e. The quantitative estimate of drug-likeness (QED) is 0.149. The molecule has 0 saturated heterocycles. The van der Waals surface area contributed by atoms with E-state index >= 15 is 0 Å². The van der Waals surface area contributed by atoms with Crippen molar-refractivity contribution in [1.29, 1.82) is 0 Å². The van der Waals surface area contributed by atoms with Crippen LogP contribution in [0.3, 0.4) is 0 Å². The Morgan fingerprint density at radius 3 is 2.27 bits per heavy atom. The van der Waals surface area contributed by atoms with E-state index in [4.69, 9.17) is 9.72 Å². The van der Waals surface area contributed by atoms with Gasteiger partial charge >= 0.3 is 0 Å². The van der Waals surface area contributed by atoms with Crippen LogP contribution in [0.15, 0.2) is 176 Å². The molecule has 10 rings (SSSR count). The van der Waals surface area contributed by atoms with Gasteiger partial charge in [0.15, 0.2) is 0 Å². The van der Waals surface area contributed by atoms with Gasteiger partial charge in [-0.3, -0.25) is 0 Å². The SMILES string of the molecule is CC(C)(C)c1ccnc(-n2c3[c-]c(Oc4[c-]c(N5[CH-]N(c6c(C7=CCC=CC=C7)cccc6-c6ccccc6)c6ccccc65)ccc4)ccc3c3ccccc32)c1.[Pt]. The number of allylic oxidation sites excluding steroid dienone is 6. The first kappa shape index (κ1) is 38.1. The van der Waals surface area contributed by atoms with Gasteiger partial charge in [0.05, 0.1) is 0 Å². The molecule has 0 atom stereocenters. The molecular formula is C53H41N4OPt-3. The average Bonchev–Trinajstić information content (AvgIpc) is 3.66. The topological polar surface area (TPSA) is 33.5 Å². The Morgan fingerprint density at radius 2 is 1.42 bits per heavy atom. The molecule has 3 heterocycles. The number of benzene rings is 6. The molecule has 1 aliphatic heterocycles. The van der Waals surface area contributed by atoms with Crippen LogP contribution in [0.2, 0.25) is 0 Å². The van der Waals surface area contributed by atoms with Crippen LogP contribution in [0, 0.1) is 18.8 Å². The second-order valence-corrected chi connectivity index (χ2v) is 15.7. The molecular weight excluding hydrogens is 904 g/mol. The van der Waals surface area contributed by atoms with Crippen LogP contribution >= 0.6 is 0 Å². The van der Waals surface area contributed by atoms with E-state index in [1.54, 1.807) is 0 Å². The second kappa shape index (κ2) is 15.7. The number of ether oxygens (including phenoxy) is 1. The number of anilines is 4. The van der Waals surface area contributed by atoms with Crippen molar-refractivity contribution in [1.82, 2.24) is 9.55 Å². The van der Waals surface area contributed by atoms with Crippen LogP contribution in [-0.2, 0) is 26.5 Å². The molecule has 59 heavy (non-hydrogen) atoms. The molecule has 0 spiro atoms. The summed E-state index contributed by atoms with van der Waals surface area (Å²) in [4.78, 5) is 9.37. The Morgan fingerprint density at radius 1 is 0.678 bits per heavy atom. The predicted octanol–water partition coefficient (Wildman–Crippen LogP) is 13.8. The van der Waals surface area contributed by atoms with Crippen LogP contribution in [0.5, 0.6) is 11.5 Å². The Hall–Kier alpha value is -6.42. The van der Waals surface area contributed by atoms with E-state index in [2.05, 4.69) is 206 Å². The van der Waals surface area contributed by atoms with E-state index in [9.17, 15) is 0 Å². The summed E-state index contributed by atoms with van der Waals surface area (Å²) in [6.07, 6.45) is 13.7. The number of fused-ring (bicyclic) bond motifs is 4. The maximum absolute atomic E-state index is 6.62. The minimum absolute atomic E-state index is 0. The monoisotopic (exact) mass is 944 g/mol. The number of nitrogens with zero attached hydrogens (tertiary/aromatic N) is 4. The molecule has 0 unspecified atom stereocenters. The second-order valence-electron chi connectivity index (χ2n) is 15.7. The summed E-state index contributed by atoms with van der Waals surface area (Å²) in [5, 5.41) is 2.23. The first-order valence-corrected chi connectivity index (χ1v) is 19.8. The molecule has 8 aromatic rings. The fraction of sp³-hybridized carbons (Fsp3) is 0.0943. The van der Waals surface area contributed by atoms with Crippen molar-refractivity contribution in [3.63, 3.8) is 0 Å². The third kappa shape index (κ3) is 7.11. The minimum Gasteiger partial charge on any atom is -0.509 e. The molecule has 0 fully saturated rings. The van der Waals surface area contributed by atoms with E-state index in [1.807, 2.05) is 24.4 Å². The van der Waals surface area contributed by atoms with Crippen molar-refractivity contribution in [2.45, 2.75) is 32.6 Å². The zero-order valence-electron chi connectivity index (χ0n) is 33.0. The zero-order chi connectivity index (χ0) is 39.2. The first-order valence-electron chi connectivity index (χ1n) is 19.8. The van der Waals surface area contributed by atoms with Crippen LogP contribution < -0.4 is 14.5 Å². The Labute approximate surface area is 360 Å². The number of hydrogen-bond acceptors (Lipinski definition) is 4. The van der Waals surface area contributed by atoms with E-state index in [0.29, 0.717) is 11.5 Å². The third-order valence-corrected chi connectivity index (χ3v) is 10.9. The van der Waals surface area contributed by atoms with Crippen LogP contribution in [-0.4, -0.2) is 9.55 Å². The summed E-state index contributed by atoms with van der Waals surface area (Å²) in [6.45, 7) is 8.86. The third-order valence-electron chi connectivity index (χ3n) is 10.9. The zero-order valence-corrected chi connectivity index (χ0v) is 35.3. The molecule has 6 aromatic carbocycles. The molecule has 1 aliphatic carbocycles. The largest absolute Gasteiger partial charge is 0.509 e. The maximum atomic E-state index is 6.62.